The topological polar surface area (TPSA) is 44.4 Å². The van der Waals surface area contributed by atoms with Crippen LogP contribution in [-0.2, 0) is 0 Å². The molecule has 0 spiro atoms. The van der Waals surface area contributed by atoms with Gasteiger partial charge in [0.05, 0.1) is 11.4 Å². The van der Waals surface area contributed by atoms with Gasteiger partial charge in [0, 0.05) is 36.2 Å². The molecule has 1 amide bonds. The number of benzene rings is 3. The number of fused-ring (bicyclic) bond motifs is 1. The molecule has 0 aromatic heterocycles. The van der Waals surface area contributed by atoms with Crippen molar-refractivity contribution in [3.63, 3.8) is 0 Å². The van der Waals surface area contributed by atoms with Crippen LogP contribution < -0.4 is 15.5 Å². The Hall–Kier alpha value is -2.37. The first-order chi connectivity index (χ1) is 13.1. The van der Waals surface area contributed by atoms with E-state index in [-0.39, 0.29) is 5.91 Å². The monoisotopic (exact) mass is 423 g/mol. The summed E-state index contributed by atoms with van der Waals surface area (Å²) in [5.41, 5.74) is 3.76. The van der Waals surface area contributed by atoms with Crippen LogP contribution in [0.2, 0.25) is 0 Å². The third kappa shape index (κ3) is 3.70. The van der Waals surface area contributed by atoms with E-state index in [9.17, 15) is 4.79 Å². The molecule has 1 aliphatic rings. The van der Waals surface area contributed by atoms with Gasteiger partial charge >= 0.3 is 0 Å². The van der Waals surface area contributed by atoms with Gasteiger partial charge in [-0.1, -0.05) is 52.3 Å². The second kappa shape index (κ2) is 7.71. The Kier molecular flexibility index (Phi) is 5.14. The minimum absolute atomic E-state index is 0.0843. The van der Waals surface area contributed by atoms with Gasteiger partial charge in [-0.2, -0.15) is 0 Å². The number of piperazine rings is 1. The molecule has 0 unspecified atom stereocenters. The SMILES string of the molecule is Cc1cc(N2CCNCC2)c(NC(=O)c2cccc3ccccc23)cc1Br. The Morgan fingerprint density at radius 1 is 1.07 bits per heavy atom. The number of hydrogen-bond donors (Lipinski definition) is 2. The van der Waals surface area contributed by atoms with Crippen molar-refractivity contribution in [1.29, 1.82) is 0 Å². The maximum absolute atomic E-state index is 13.1. The van der Waals surface area contributed by atoms with Crippen molar-refractivity contribution in [3.05, 3.63) is 70.2 Å². The summed E-state index contributed by atoms with van der Waals surface area (Å²) in [5.74, 6) is -0.0843. The van der Waals surface area contributed by atoms with E-state index in [1.807, 2.05) is 48.5 Å². The number of anilines is 2. The van der Waals surface area contributed by atoms with Gasteiger partial charge < -0.3 is 15.5 Å². The number of hydrogen-bond acceptors (Lipinski definition) is 3. The number of rotatable bonds is 3. The van der Waals surface area contributed by atoms with Gasteiger partial charge in [0.2, 0.25) is 0 Å². The van der Waals surface area contributed by atoms with Gasteiger partial charge in [-0.25, -0.2) is 0 Å². The number of carbonyl (C=O) groups excluding carboxylic acids is 1. The molecule has 0 saturated carbocycles. The average Bonchev–Trinajstić information content (AvgIpc) is 2.70. The molecule has 3 aromatic rings. The molecule has 3 aromatic carbocycles. The summed E-state index contributed by atoms with van der Waals surface area (Å²) in [6, 6.07) is 18.0. The molecule has 0 bridgehead atoms. The molecule has 0 radical (unpaired) electrons. The van der Waals surface area contributed by atoms with Crippen LogP contribution in [-0.4, -0.2) is 32.1 Å². The minimum atomic E-state index is -0.0843. The number of aryl methyl sites for hydroxylation is 1. The molecule has 1 aliphatic heterocycles. The van der Waals surface area contributed by atoms with Gasteiger partial charge in [0.15, 0.2) is 0 Å². The highest BCUT2D eigenvalue weighted by Gasteiger charge is 2.18. The number of carbonyl (C=O) groups is 1. The third-order valence-corrected chi connectivity index (χ3v) is 5.87. The fourth-order valence-corrected chi connectivity index (χ4v) is 3.89. The lowest BCUT2D eigenvalue weighted by molar-refractivity contribution is 0.102. The molecule has 4 rings (SSSR count). The summed E-state index contributed by atoms with van der Waals surface area (Å²) in [4.78, 5) is 15.4. The van der Waals surface area contributed by atoms with Gasteiger partial charge in [0.25, 0.3) is 5.91 Å². The van der Waals surface area contributed by atoms with Crippen LogP contribution in [0, 0.1) is 6.92 Å². The molecule has 27 heavy (non-hydrogen) atoms. The van der Waals surface area contributed by atoms with E-state index in [2.05, 4.69) is 44.5 Å². The molecule has 5 heteroatoms. The first-order valence-electron chi connectivity index (χ1n) is 9.18. The van der Waals surface area contributed by atoms with Crippen LogP contribution in [0.3, 0.4) is 0 Å². The first kappa shape index (κ1) is 18.0. The van der Waals surface area contributed by atoms with Crippen molar-refractivity contribution < 1.29 is 4.79 Å². The van der Waals surface area contributed by atoms with Crippen molar-refractivity contribution in [2.75, 3.05) is 36.4 Å². The van der Waals surface area contributed by atoms with E-state index in [4.69, 9.17) is 0 Å². The summed E-state index contributed by atoms with van der Waals surface area (Å²) < 4.78 is 0.995. The number of halogens is 1. The lowest BCUT2D eigenvalue weighted by Crippen LogP contribution is -2.43. The zero-order chi connectivity index (χ0) is 18.8. The Labute approximate surface area is 167 Å². The van der Waals surface area contributed by atoms with E-state index in [1.165, 1.54) is 0 Å². The van der Waals surface area contributed by atoms with Crippen LogP contribution in [0.1, 0.15) is 15.9 Å². The lowest BCUT2D eigenvalue weighted by Gasteiger charge is -2.31. The van der Waals surface area contributed by atoms with E-state index >= 15 is 0 Å². The van der Waals surface area contributed by atoms with Crippen molar-refractivity contribution in [3.8, 4) is 0 Å². The van der Waals surface area contributed by atoms with Crippen LogP contribution in [0.5, 0.6) is 0 Å². The number of nitrogens with zero attached hydrogens (tertiary/aromatic N) is 1. The highest BCUT2D eigenvalue weighted by atomic mass is 79.9. The van der Waals surface area contributed by atoms with Gasteiger partial charge in [-0.05, 0) is 41.5 Å². The van der Waals surface area contributed by atoms with Crippen LogP contribution in [0.15, 0.2) is 59.1 Å². The summed E-state index contributed by atoms with van der Waals surface area (Å²) >= 11 is 3.61. The number of amides is 1. The summed E-state index contributed by atoms with van der Waals surface area (Å²) in [6.45, 7) is 5.83. The second-order valence-electron chi connectivity index (χ2n) is 6.84. The molecule has 0 atom stereocenters. The maximum atomic E-state index is 13.1. The largest absolute Gasteiger partial charge is 0.367 e. The van der Waals surface area contributed by atoms with E-state index in [1.54, 1.807) is 0 Å². The predicted molar refractivity (Wildman–Crippen MR) is 116 cm³/mol. The molecular weight excluding hydrogens is 402 g/mol. The van der Waals surface area contributed by atoms with Gasteiger partial charge in [-0.15, -0.1) is 0 Å². The van der Waals surface area contributed by atoms with Crippen LogP contribution in [0.25, 0.3) is 10.8 Å². The predicted octanol–water partition coefficient (Wildman–Crippen LogP) is 4.57. The Morgan fingerprint density at radius 2 is 1.81 bits per heavy atom. The maximum Gasteiger partial charge on any atom is 0.256 e. The molecule has 1 heterocycles. The standard InChI is InChI=1S/C22H22BrN3O/c1-15-13-21(26-11-9-24-10-12-26)20(14-19(15)23)25-22(27)18-8-4-6-16-5-2-3-7-17(16)18/h2-8,13-14,24H,9-12H2,1H3,(H,25,27). The molecule has 0 aliphatic carbocycles. The van der Waals surface area contributed by atoms with Gasteiger partial charge in [-0.3, -0.25) is 4.79 Å². The first-order valence-corrected chi connectivity index (χ1v) is 9.98. The Bertz CT molecular complexity index is 991. The molecule has 138 valence electrons. The molecule has 2 N–H and O–H groups in total. The molecule has 1 saturated heterocycles. The van der Waals surface area contributed by atoms with Crippen LogP contribution in [0.4, 0.5) is 11.4 Å². The van der Waals surface area contributed by atoms with E-state index < -0.39 is 0 Å². The van der Waals surface area contributed by atoms with Crippen molar-refractivity contribution in [2.45, 2.75) is 6.92 Å². The van der Waals surface area contributed by atoms with Crippen molar-refractivity contribution >= 4 is 44.0 Å². The van der Waals surface area contributed by atoms with Crippen molar-refractivity contribution in [2.24, 2.45) is 0 Å². The summed E-state index contributed by atoms with van der Waals surface area (Å²) in [6.07, 6.45) is 0. The quantitative estimate of drug-likeness (QED) is 0.648. The Morgan fingerprint density at radius 3 is 2.63 bits per heavy atom. The highest BCUT2D eigenvalue weighted by Crippen LogP contribution is 2.33. The summed E-state index contributed by atoms with van der Waals surface area (Å²) in [7, 11) is 0. The second-order valence-corrected chi connectivity index (χ2v) is 7.69. The Balaban J connectivity index is 1.71. The van der Waals surface area contributed by atoms with Crippen molar-refractivity contribution in [1.82, 2.24) is 5.32 Å². The van der Waals surface area contributed by atoms with Crippen LogP contribution >= 0.6 is 15.9 Å². The normalized spacial score (nSPS) is 14.4. The minimum Gasteiger partial charge on any atom is -0.367 e. The summed E-state index contributed by atoms with van der Waals surface area (Å²) in [5, 5.41) is 8.56. The third-order valence-electron chi connectivity index (χ3n) is 5.02. The zero-order valence-corrected chi connectivity index (χ0v) is 16.8. The number of nitrogens with one attached hydrogen (secondary N) is 2. The molecule has 1 fully saturated rings. The smallest absolute Gasteiger partial charge is 0.256 e. The fraction of sp³-hybridized carbons (Fsp3) is 0.227. The van der Waals surface area contributed by atoms with E-state index in [0.29, 0.717) is 5.56 Å². The average molecular weight is 424 g/mol. The van der Waals surface area contributed by atoms with Gasteiger partial charge in [0.1, 0.15) is 0 Å². The zero-order valence-electron chi connectivity index (χ0n) is 15.3. The van der Waals surface area contributed by atoms with E-state index in [0.717, 1.165) is 58.4 Å². The molecule has 4 nitrogen and oxygen atoms in total. The fourth-order valence-electron chi connectivity index (χ4n) is 3.55. The highest BCUT2D eigenvalue weighted by molar-refractivity contribution is 9.10. The molecular formula is C22H22BrN3O. The lowest BCUT2D eigenvalue weighted by atomic mass is 10.0.